The molecule has 0 bridgehead atoms. The highest BCUT2D eigenvalue weighted by Crippen LogP contribution is 2.37. The fraction of sp³-hybridized carbons (Fsp3) is 0.143. The number of aromatic nitrogens is 4. The molecule has 0 spiro atoms. The van der Waals surface area contributed by atoms with Gasteiger partial charge in [-0.3, -0.25) is 19.3 Å². The number of benzene rings is 1. The highest BCUT2D eigenvalue weighted by atomic mass is 16.2. The zero-order valence-electron chi connectivity index (χ0n) is 15.3. The summed E-state index contributed by atoms with van der Waals surface area (Å²) in [5, 5.41) is 6.85. The molecule has 0 saturated heterocycles. The maximum Gasteiger partial charge on any atom is 0.261 e. The maximum absolute atomic E-state index is 12.9. The summed E-state index contributed by atoms with van der Waals surface area (Å²) in [5.41, 5.74) is 4.98. The van der Waals surface area contributed by atoms with E-state index in [1.165, 1.54) is 5.56 Å². The van der Waals surface area contributed by atoms with Crippen molar-refractivity contribution in [1.29, 1.82) is 0 Å². The van der Waals surface area contributed by atoms with E-state index in [4.69, 9.17) is 0 Å². The van der Waals surface area contributed by atoms with Crippen LogP contribution in [0.5, 0.6) is 0 Å². The number of nitrogens with one attached hydrogen (secondary N) is 2. The lowest BCUT2D eigenvalue weighted by Gasteiger charge is -2.05. The first-order chi connectivity index (χ1) is 14.2. The van der Waals surface area contributed by atoms with Crippen LogP contribution in [0.4, 0.5) is 0 Å². The Kier molecular flexibility index (Phi) is 3.27. The third-order valence-electron chi connectivity index (χ3n) is 5.60. The number of amides is 2. The molecule has 0 saturated carbocycles. The Morgan fingerprint density at radius 2 is 1.97 bits per heavy atom. The van der Waals surface area contributed by atoms with E-state index in [9.17, 15) is 9.59 Å². The number of hydrogen-bond acceptors (Lipinski definition) is 5. The summed E-state index contributed by atoms with van der Waals surface area (Å²) < 4.78 is 3.89. The molecule has 2 aliphatic rings. The van der Waals surface area contributed by atoms with Crippen molar-refractivity contribution in [2.24, 2.45) is 0 Å². The van der Waals surface area contributed by atoms with Crippen LogP contribution in [-0.2, 0) is 22.7 Å². The monoisotopic (exact) mass is 384 g/mol. The van der Waals surface area contributed by atoms with E-state index < -0.39 is 5.91 Å². The first kappa shape index (κ1) is 16.2. The van der Waals surface area contributed by atoms with Gasteiger partial charge in [-0.1, -0.05) is 18.2 Å². The van der Waals surface area contributed by atoms with Crippen LogP contribution in [0, 0.1) is 0 Å². The fourth-order valence-electron chi connectivity index (χ4n) is 4.35. The van der Waals surface area contributed by atoms with E-state index in [1.54, 1.807) is 29.2 Å². The van der Waals surface area contributed by atoms with Crippen molar-refractivity contribution < 1.29 is 9.59 Å². The molecule has 2 amide bonds. The second kappa shape index (κ2) is 5.86. The van der Waals surface area contributed by atoms with Crippen LogP contribution in [0.3, 0.4) is 0 Å². The van der Waals surface area contributed by atoms with Crippen molar-refractivity contribution in [2.75, 3.05) is 6.54 Å². The van der Waals surface area contributed by atoms with Gasteiger partial charge >= 0.3 is 0 Å². The minimum atomic E-state index is -0.415. The number of rotatable bonds is 2. The molecule has 0 fully saturated rings. The zero-order chi connectivity index (χ0) is 19.5. The lowest BCUT2D eigenvalue weighted by Crippen LogP contribution is -2.23. The summed E-state index contributed by atoms with van der Waals surface area (Å²) in [5.74, 6) is -0.801. The van der Waals surface area contributed by atoms with Gasteiger partial charge in [0.1, 0.15) is 12.0 Å². The van der Waals surface area contributed by atoms with Crippen molar-refractivity contribution in [3.63, 3.8) is 0 Å². The molecule has 29 heavy (non-hydrogen) atoms. The average Bonchev–Trinajstić information content (AvgIpc) is 3.33. The van der Waals surface area contributed by atoms with Gasteiger partial charge in [-0.05, 0) is 11.6 Å². The smallest absolute Gasteiger partial charge is 0.261 e. The molecule has 2 N–H and O–H groups in total. The zero-order valence-corrected chi connectivity index (χ0v) is 15.3. The number of carbonyl (C=O) groups excluding carboxylic acids is 2. The second-order valence-electron chi connectivity index (χ2n) is 7.21. The molecule has 142 valence electrons. The molecule has 6 rings (SSSR count). The van der Waals surface area contributed by atoms with Gasteiger partial charge < -0.3 is 9.88 Å². The van der Waals surface area contributed by atoms with Gasteiger partial charge in [0, 0.05) is 43.0 Å². The molecular weight excluding hydrogens is 368 g/mol. The van der Waals surface area contributed by atoms with E-state index in [2.05, 4.69) is 31.2 Å². The molecule has 3 aromatic heterocycles. The van der Waals surface area contributed by atoms with Crippen LogP contribution in [0.2, 0.25) is 0 Å². The predicted octanol–water partition coefficient (Wildman–Crippen LogP) is 1.35. The molecule has 0 radical (unpaired) electrons. The van der Waals surface area contributed by atoms with Crippen LogP contribution in [0.15, 0.2) is 49.2 Å². The Morgan fingerprint density at radius 3 is 2.90 bits per heavy atom. The lowest BCUT2D eigenvalue weighted by molar-refractivity contribution is -0.122. The number of hydrogen-bond donors (Lipinski definition) is 2. The molecular formula is C21H16N6O2. The van der Waals surface area contributed by atoms with Crippen molar-refractivity contribution >= 4 is 39.5 Å². The number of para-hydroxylation sites is 1. The molecule has 4 aromatic rings. The number of imidazole rings is 1. The molecule has 1 aromatic carbocycles. The Labute approximate surface area is 164 Å². The topological polar surface area (TPSA) is 93.3 Å². The summed E-state index contributed by atoms with van der Waals surface area (Å²) in [7, 11) is 0. The van der Waals surface area contributed by atoms with E-state index in [0.717, 1.165) is 36.1 Å². The molecule has 0 atom stereocenters. The van der Waals surface area contributed by atoms with E-state index >= 15 is 0 Å². The second-order valence-corrected chi connectivity index (χ2v) is 7.21. The highest BCUT2D eigenvalue weighted by molar-refractivity contribution is 6.49. The molecule has 8 nitrogen and oxygen atoms in total. The van der Waals surface area contributed by atoms with Crippen molar-refractivity contribution in [1.82, 2.24) is 29.6 Å². The molecule has 0 unspecified atom stereocenters. The Morgan fingerprint density at radius 1 is 1.07 bits per heavy atom. The highest BCUT2D eigenvalue weighted by Gasteiger charge is 2.35. The molecule has 5 heterocycles. The van der Waals surface area contributed by atoms with E-state index in [0.29, 0.717) is 22.5 Å². The van der Waals surface area contributed by atoms with Gasteiger partial charge in [0.2, 0.25) is 0 Å². The lowest BCUT2D eigenvalue weighted by atomic mass is 9.98. The third-order valence-corrected chi connectivity index (χ3v) is 5.60. The average molecular weight is 384 g/mol. The Hall–Kier alpha value is -3.78. The quantitative estimate of drug-likeness (QED) is 0.509. The van der Waals surface area contributed by atoms with E-state index in [-0.39, 0.29) is 5.91 Å². The van der Waals surface area contributed by atoms with Crippen molar-refractivity contribution in [3.05, 3.63) is 66.0 Å². The van der Waals surface area contributed by atoms with Crippen LogP contribution in [0.25, 0.3) is 27.7 Å². The molecule has 2 aliphatic heterocycles. The summed E-state index contributed by atoms with van der Waals surface area (Å²) in [6.07, 6.45) is 6.84. The van der Waals surface area contributed by atoms with Crippen LogP contribution in [0.1, 0.15) is 16.8 Å². The molecule has 0 aliphatic carbocycles. The van der Waals surface area contributed by atoms with Crippen LogP contribution < -0.4 is 10.6 Å². The SMILES string of the molecule is O=C1NC(=O)C(c2cnc3ccncn23)=C1c1cn2c3c(cccc13)CNCC2. The van der Waals surface area contributed by atoms with Crippen molar-refractivity contribution in [2.45, 2.75) is 13.1 Å². The van der Waals surface area contributed by atoms with Gasteiger partial charge in [0.05, 0.1) is 28.6 Å². The summed E-state index contributed by atoms with van der Waals surface area (Å²) in [6.45, 7) is 2.41. The number of fused-ring (bicyclic) bond motifs is 1. The minimum absolute atomic E-state index is 0.329. The summed E-state index contributed by atoms with van der Waals surface area (Å²) >= 11 is 0. The first-order valence-electron chi connectivity index (χ1n) is 9.41. The fourth-order valence-corrected chi connectivity index (χ4v) is 4.35. The van der Waals surface area contributed by atoms with E-state index in [1.807, 2.05) is 18.3 Å². The van der Waals surface area contributed by atoms with Gasteiger partial charge in [-0.25, -0.2) is 9.97 Å². The number of nitrogens with zero attached hydrogens (tertiary/aromatic N) is 4. The van der Waals surface area contributed by atoms with Gasteiger partial charge in [-0.15, -0.1) is 0 Å². The van der Waals surface area contributed by atoms with Crippen LogP contribution >= 0.6 is 0 Å². The summed E-state index contributed by atoms with van der Waals surface area (Å²) in [4.78, 5) is 34.2. The van der Waals surface area contributed by atoms with Gasteiger partial charge in [0.25, 0.3) is 11.8 Å². The first-order valence-corrected chi connectivity index (χ1v) is 9.41. The van der Waals surface area contributed by atoms with Crippen molar-refractivity contribution in [3.8, 4) is 0 Å². The largest absolute Gasteiger partial charge is 0.345 e. The predicted molar refractivity (Wildman–Crippen MR) is 107 cm³/mol. The molecule has 8 heteroatoms. The minimum Gasteiger partial charge on any atom is -0.345 e. The summed E-state index contributed by atoms with van der Waals surface area (Å²) in [6, 6.07) is 7.85. The van der Waals surface area contributed by atoms with Gasteiger partial charge in [0.15, 0.2) is 0 Å². The Balaban J connectivity index is 1.68. The van der Waals surface area contributed by atoms with Gasteiger partial charge in [-0.2, -0.15) is 0 Å². The number of carbonyl (C=O) groups is 2. The van der Waals surface area contributed by atoms with Crippen LogP contribution in [-0.4, -0.2) is 37.3 Å². The Bertz CT molecular complexity index is 1380. The maximum atomic E-state index is 12.9. The number of imide groups is 1. The standard InChI is InChI=1S/C21H16N6O2/c28-20-17(14-10-26-7-6-22-8-12-2-1-3-13(14)19(12)26)18(21(29)25-20)15-9-24-16-4-5-23-11-27(15)16/h1-5,9-11,22H,6-8H2,(H,25,28,29). The normalized spacial score (nSPS) is 16.7. The third kappa shape index (κ3) is 2.23.